The predicted molar refractivity (Wildman–Crippen MR) is 224 cm³/mol. The van der Waals surface area contributed by atoms with Gasteiger partial charge in [0.15, 0.2) is 5.78 Å². The summed E-state index contributed by atoms with van der Waals surface area (Å²) in [5.41, 5.74) is 0.776. The second kappa shape index (κ2) is 22.8. The minimum atomic E-state index is -0.677. The molecule has 3 amide bonds. The first-order valence-electron chi connectivity index (χ1n) is 21.4. The number of amides is 3. The molecule has 2 aliphatic rings. The van der Waals surface area contributed by atoms with Gasteiger partial charge in [-0.25, -0.2) is 4.79 Å². The van der Waals surface area contributed by atoms with E-state index >= 15 is 0 Å². The van der Waals surface area contributed by atoms with Gasteiger partial charge >= 0.3 is 6.09 Å². The van der Waals surface area contributed by atoms with Crippen LogP contribution in [0, 0.1) is 35.5 Å². The smallest absolute Gasteiger partial charge is 0.410 e. The summed E-state index contributed by atoms with van der Waals surface area (Å²) in [5, 5.41) is 12.8. The fourth-order valence-electron chi connectivity index (χ4n) is 8.97. The summed E-state index contributed by atoms with van der Waals surface area (Å²) in [6.07, 6.45) is -0.493. The van der Waals surface area contributed by atoms with E-state index in [-0.39, 0.29) is 91.5 Å². The van der Waals surface area contributed by atoms with Crippen LogP contribution in [0.15, 0.2) is 30.3 Å². The number of rotatable bonds is 23. The van der Waals surface area contributed by atoms with Crippen molar-refractivity contribution in [2.75, 3.05) is 47.9 Å². The van der Waals surface area contributed by atoms with Crippen LogP contribution in [-0.2, 0) is 33.4 Å². The molecule has 3 rings (SSSR count). The summed E-state index contributed by atoms with van der Waals surface area (Å²) < 4.78 is 18.0. The third kappa shape index (κ3) is 12.3. The highest BCUT2D eigenvalue weighted by atomic mass is 16.6. The van der Waals surface area contributed by atoms with E-state index in [4.69, 9.17) is 14.2 Å². The van der Waals surface area contributed by atoms with E-state index in [0.29, 0.717) is 13.0 Å². The van der Waals surface area contributed by atoms with E-state index in [2.05, 4.69) is 19.2 Å². The number of aliphatic hydroxyl groups excluding tert-OH is 1. The zero-order valence-corrected chi connectivity index (χ0v) is 37.3. The van der Waals surface area contributed by atoms with Crippen molar-refractivity contribution < 1.29 is 43.3 Å². The third-order valence-electron chi connectivity index (χ3n) is 12.7. The SMILES string of the molecule is CC[C@H](C)[C@@H](C(CC(=O)N1CCC[C@H]1[C@H](OC)[C@@H](C)C(=O)C[C@H](C)[C@@H](OC(=O)N1CC(O)C1)c1ccccc1)OC)N(C)C(=O)[C@@H](CC(=O)[C@@H](NC)C(C)C)C(C)C. The molecule has 58 heavy (non-hydrogen) atoms. The normalized spacial score (nSPS) is 20.7. The molecule has 2 aliphatic heterocycles. The number of ketones is 2. The topological polar surface area (TPSA) is 155 Å². The van der Waals surface area contributed by atoms with Gasteiger partial charge in [-0.15, -0.1) is 0 Å². The van der Waals surface area contributed by atoms with E-state index in [1.807, 2.05) is 76.8 Å². The average Bonchev–Trinajstić information content (AvgIpc) is 3.67. The Balaban J connectivity index is 1.77. The number of ether oxygens (including phenoxy) is 3. The summed E-state index contributed by atoms with van der Waals surface area (Å²) in [4.78, 5) is 73.9. The number of benzene rings is 1. The van der Waals surface area contributed by atoms with Crippen molar-refractivity contribution in [2.24, 2.45) is 35.5 Å². The van der Waals surface area contributed by atoms with Gasteiger partial charge in [-0.2, -0.15) is 0 Å². The summed E-state index contributed by atoms with van der Waals surface area (Å²) >= 11 is 0. The lowest BCUT2D eigenvalue weighted by Gasteiger charge is -2.41. The number of hydrogen-bond donors (Lipinski definition) is 2. The number of nitrogens with one attached hydrogen (secondary N) is 1. The van der Waals surface area contributed by atoms with Gasteiger partial charge in [-0.05, 0) is 43.2 Å². The molecular weight excluding hydrogens is 741 g/mol. The Hall–Kier alpha value is -3.39. The number of methoxy groups -OCH3 is 2. The van der Waals surface area contributed by atoms with Crippen molar-refractivity contribution in [3.05, 3.63) is 35.9 Å². The Bertz CT molecular complexity index is 1490. The Morgan fingerprint density at radius 2 is 1.52 bits per heavy atom. The van der Waals surface area contributed by atoms with Crippen molar-refractivity contribution in [1.29, 1.82) is 0 Å². The molecule has 0 aromatic heterocycles. The van der Waals surface area contributed by atoms with Crippen LogP contribution in [0.25, 0.3) is 0 Å². The molecule has 13 nitrogen and oxygen atoms in total. The number of nitrogens with zero attached hydrogens (tertiary/aromatic N) is 3. The van der Waals surface area contributed by atoms with Gasteiger partial charge < -0.3 is 39.3 Å². The van der Waals surface area contributed by atoms with E-state index in [9.17, 15) is 29.1 Å². The number of Topliss-reactive ketones (excluding diaryl/α,β-unsaturated/α-hetero) is 2. The lowest BCUT2D eigenvalue weighted by molar-refractivity contribution is -0.149. The van der Waals surface area contributed by atoms with Crippen LogP contribution in [0.5, 0.6) is 0 Å². The molecule has 0 aliphatic carbocycles. The highest BCUT2D eigenvalue weighted by Crippen LogP contribution is 2.34. The van der Waals surface area contributed by atoms with E-state index < -0.39 is 48.4 Å². The van der Waals surface area contributed by atoms with Gasteiger partial charge in [0.1, 0.15) is 11.9 Å². The standard InChI is InChI=1S/C45H74N4O9/c1-13-29(6)41(47(10)44(54)34(27(2)3)23-37(52)40(46-9)28(4)5)38(56-11)24-39(53)49-21-17-20-35(49)43(57-12)31(8)36(51)22-30(7)42(32-18-15-14-16-19-32)58-45(55)48-25-33(50)26-48/h14-16,18-19,27-31,33-35,38,40-43,46,50H,13,17,20-26H2,1-12H3/t29-,30-,31-,34-,35-,38?,40-,41-,42+,43+/m0/s1. The molecule has 13 heteroatoms. The van der Waals surface area contributed by atoms with Gasteiger partial charge in [-0.1, -0.05) is 92.1 Å². The fraction of sp³-hybridized carbons (Fsp3) is 0.756. The fourth-order valence-corrected chi connectivity index (χ4v) is 8.97. The summed E-state index contributed by atoms with van der Waals surface area (Å²) in [5.74, 6) is -1.76. The zero-order chi connectivity index (χ0) is 43.4. The molecule has 0 spiro atoms. The average molecular weight is 815 g/mol. The highest BCUT2D eigenvalue weighted by molar-refractivity contribution is 5.90. The van der Waals surface area contributed by atoms with Crippen molar-refractivity contribution in [2.45, 2.75) is 136 Å². The molecule has 1 aromatic carbocycles. The monoisotopic (exact) mass is 815 g/mol. The second-order valence-electron chi connectivity index (χ2n) is 17.5. The number of aliphatic hydroxyl groups is 1. The summed E-state index contributed by atoms with van der Waals surface area (Å²) in [6.45, 7) is 16.7. The molecular formula is C45H74N4O9. The molecule has 10 atom stereocenters. The number of likely N-dealkylation sites (N-methyl/N-ethyl adjacent to an activating group) is 2. The lowest BCUT2D eigenvalue weighted by atomic mass is 9.84. The van der Waals surface area contributed by atoms with Crippen LogP contribution in [0.3, 0.4) is 0 Å². The van der Waals surface area contributed by atoms with E-state index in [1.165, 1.54) is 4.90 Å². The number of β-amino-alcohol motifs (C(OH)–C–C–N with tert-alkyl or cyclic N) is 1. The largest absolute Gasteiger partial charge is 0.441 e. The van der Waals surface area contributed by atoms with Gasteiger partial charge in [0.25, 0.3) is 0 Å². The molecule has 1 unspecified atom stereocenters. The highest BCUT2D eigenvalue weighted by Gasteiger charge is 2.43. The third-order valence-corrected chi connectivity index (χ3v) is 12.7. The van der Waals surface area contributed by atoms with Gasteiger partial charge in [0, 0.05) is 58.4 Å². The first-order chi connectivity index (χ1) is 27.4. The maximum Gasteiger partial charge on any atom is 0.410 e. The predicted octanol–water partition coefficient (Wildman–Crippen LogP) is 5.53. The van der Waals surface area contributed by atoms with Crippen LogP contribution in [0.1, 0.15) is 106 Å². The molecule has 2 heterocycles. The van der Waals surface area contributed by atoms with Crippen LogP contribution in [-0.4, -0.2) is 134 Å². The van der Waals surface area contributed by atoms with Crippen molar-refractivity contribution >= 4 is 29.5 Å². The van der Waals surface area contributed by atoms with E-state index in [1.54, 1.807) is 33.2 Å². The Labute approximate surface area is 347 Å². The number of carbonyl (C=O) groups is 5. The van der Waals surface area contributed by atoms with Crippen molar-refractivity contribution in [3.8, 4) is 0 Å². The first kappa shape index (κ1) is 49.0. The zero-order valence-electron chi connectivity index (χ0n) is 37.3. The Kier molecular flexibility index (Phi) is 19.3. The first-order valence-corrected chi connectivity index (χ1v) is 21.4. The number of carbonyl (C=O) groups excluding carboxylic acids is 5. The molecule has 2 fully saturated rings. The molecule has 328 valence electrons. The Morgan fingerprint density at radius 3 is 2.03 bits per heavy atom. The molecule has 2 saturated heterocycles. The van der Waals surface area contributed by atoms with Crippen LogP contribution in [0.4, 0.5) is 4.79 Å². The second-order valence-corrected chi connectivity index (χ2v) is 17.5. The lowest BCUT2D eigenvalue weighted by Crippen LogP contribution is -2.54. The van der Waals surface area contributed by atoms with E-state index in [0.717, 1.165) is 18.4 Å². The molecule has 0 bridgehead atoms. The van der Waals surface area contributed by atoms with Gasteiger partial charge in [0.05, 0.1) is 55.9 Å². The van der Waals surface area contributed by atoms with Crippen LogP contribution < -0.4 is 5.32 Å². The molecule has 2 N–H and O–H groups in total. The van der Waals surface area contributed by atoms with Gasteiger partial charge in [0.2, 0.25) is 11.8 Å². The number of hydrogen-bond acceptors (Lipinski definition) is 10. The van der Waals surface area contributed by atoms with Crippen LogP contribution in [0.2, 0.25) is 0 Å². The maximum absolute atomic E-state index is 14.3. The van der Waals surface area contributed by atoms with Crippen molar-refractivity contribution in [1.82, 2.24) is 20.0 Å². The minimum absolute atomic E-state index is 0.00634. The van der Waals surface area contributed by atoms with Crippen molar-refractivity contribution in [3.63, 3.8) is 0 Å². The molecule has 0 saturated carbocycles. The minimum Gasteiger partial charge on any atom is -0.441 e. The molecule has 1 aromatic rings. The maximum atomic E-state index is 14.3. The Morgan fingerprint density at radius 1 is 0.879 bits per heavy atom. The number of likely N-dealkylation sites (tertiary alicyclic amines) is 2. The van der Waals surface area contributed by atoms with Gasteiger partial charge in [-0.3, -0.25) is 19.2 Å². The van der Waals surface area contributed by atoms with Crippen LogP contribution >= 0.6 is 0 Å². The quantitative estimate of drug-likeness (QED) is 0.144. The summed E-state index contributed by atoms with van der Waals surface area (Å²) in [7, 11) is 6.68. The molecule has 0 radical (unpaired) electrons. The summed E-state index contributed by atoms with van der Waals surface area (Å²) in [6, 6.07) is 8.23.